The zero-order chi connectivity index (χ0) is 15.2. The predicted octanol–water partition coefficient (Wildman–Crippen LogP) is 2.62. The number of rotatable bonds is 7. The lowest BCUT2D eigenvalue weighted by atomic mass is 10.0. The highest BCUT2D eigenvalue weighted by molar-refractivity contribution is 7.84. The van der Waals surface area contributed by atoms with Crippen molar-refractivity contribution in [2.75, 3.05) is 19.3 Å². The van der Waals surface area contributed by atoms with Crippen LogP contribution in [0.5, 0.6) is 0 Å². The molecule has 4 heteroatoms. The molecule has 0 radical (unpaired) electrons. The minimum absolute atomic E-state index is 0.190. The average Bonchev–Trinajstić information content (AvgIpc) is 2.50. The van der Waals surface area contributed by atoms with E-state index in [1.54, 1.807) is 6.26 Å². The molecule has 3 unspecified atom stereocenters. The van der Waals surface area contributed by atoms with E-state index in [1.807, 2.05) is 37.3 Å². The topological polar surface area (TPSA) is 49.3 Å². The maximum Gasteiger partial charge on any atom is 0.0914 e. The summed E-state index contributed by atoms with van der Waals surface area (Å²) in [5.41, 5.74) is 0.924. The number of benzene rings is 2. The van der Waals surface area contributed by atoms with Gasteiger partial charge in [-0.3, -0.25) is 4.21 Å². The Morgan fingerprint density at radius 2 is 1.90 bits per heavy atom. The third-order valence-electron chi connectivity index (χ3n) is 3.79. The minimum atomic E-state index is -0.779. The van der Waals surface area contributed by atoms with Crippen molar-refractivity contribution in [3.05, 3.63) is 48.0 Å². The molecule has 2 rings (SSSR count). The first-order valence-electron chi connectivity index (χ1n) is 7.27. The standard InChI is InChI=1S/C17H23NO2S/c1-13(21(2)20)9-10-18-12-17(19)16-8-7-14-5-3-4-6-15(14)11-16/h3-8,11,13,17-19H,9-10,12H2,1-2H3. The van der Waals surface area contributed by atoms with Crippen LogP contribution in [0.4, 0.5) is 0 Å². The molecule has 2 aromatic carbocycles. The van der Waals surface area contributed by atoms with Crippen LogP contribution in [0, 0.1) is 0 Å². The summed E-state index contributed by atoms with van der Waals surface area (Å²) in [7, 11) is -0.779. The average molecular weight is 305 g/mol. The van der Waals surface area contributed by atoms with Gasteiger partial charge in [-0.2, -0.15) is 0 Å². The van der Waals surface area contributed by atoms with E-state index in [1.165, 1.54) is 5.39 Å². The molecular formula is C17H23NO2S. The van der Waals surface area contributed by atoms with E-state index < -0.39 is 16.9 Å². The molecule has 2 N–H and O–H groups in total. The lowest BCUT2D eigenvalue weighted by molar-refractivity contribution is 0.175. The monoisotopic (exact) mass is 305 g/mol. The first-order valence-corrected chi connectivity index (χ1v) is 8.90. The second-order valence-electron chi connectivity index (χ2n) is 5.42. The molecule has 3 atom stereocenters. The van der Waals surface area contributed by atoms with Crippen molar-refractivity contribution in [3.8, 4) is 0 Å². The summed E-state index contributed by atoms with van der Waals surface area (Å²) < 4.78 is 11.3. The molecule has 0 aromatic heterocycles. The van der Waals surface area contributed by atoms with Gasteiger partial charge >= 0.3 is 0 Å². The minimum Gasteiger partial charge on any atom is -0.387 e. The number of fused-ring (bicyclic) bond motifs is 1. The van der Waals surface area contributed by atoms with Crippen molar-refractivity contribution in [2.24, 2.45) is 0 Å². The molecule has 0 aliphatic heterocycles. The van der Waals surface area contributed by atoms with Gasteiger partial charge in [0.1, 0.15) is 0 Å². The van der Waals surface area contributed by atoms with Crippen molar-refractivity contribution in [1.82, 2.24) is 5.32 Å². The van der Waals surface area contributed by atoms with Crippen molar-refractivity contribution in [2.45, 2.75) is 24.7 Å². The molecule has 0 aliphatic carbocycles. The van der Waals surface area contributed by atoms with Crippen LogP contribution in [0.2, 0.25) is 0 Å². The first kappa shape index (κ1) is 16.1. The van der Waals surface area contributed by atoms with Gasteiger partial charge in [0.05, 0.1) is 6.10 Å². The second kappa shape index (κ2) is 7.69. The van der Waals surface area contributed by atoms with Crippen LogP contribution >= 0.6 is 0 Å². The number of aliphatic hydroxyl groups excluding tert-OH is 1. The predicted molar refractivity (Wildman–Crippen MR) is 89.9 cm³/mol. The van der Waals surface area contributed by atoms with E-state index in [0.29, 0.717) is 6.54 Å². The Kier molecular flexibility index (Phi) is 5.91. The van der Waals surface area contributed by atoms with Crippen molar-refractivity contribution in [1.29, 1.82) is 0 Å². The third-order valence-corrected chi connectivity index (χ3v) is 5.16. The van der Waals surface area contributed by atoms with E-state index in [0.717, 1.165) is 23.9 Å². The van der Waals surface area contributed by atoms with Crippen LogP contribution < -0.4 is 5.32 Å². The van der Waals surface area contributed by atoms with Gasteiger partial charge in [0.25, 0.3) is 0 Å². The highest BCUT2D eigenvalue weighted by atomic mass is 32.2. The van der Waals surface area contributed by atoms with E-state index in [9.17, 15) is 9.32 Å². The van der Waals surface area contributed by atoms with Crippen LogP contribution in [0.3, 0.4) is 0 Å². The first-order chi connectivity index (χ1) is 10.1. The number of hydrogen-bond donors (Lipinski definition) is 2. The Morgan fingerprint density at radius 3 is 2.62 bits per heavy atom. The number of aliphatic hydroxyl groups is 1. The molecular weight excluding hydrogens is 282 g/mol. The molecule has 114 valence electrons. The number of hydrogen-bond acceptors (Lipinski definition) is 3. The van der Waals surface area contributed by atoms with Crippen LogP contribution in [0.25, 0.3) is 10.8 Å². The fraction of sp³-hybridized carbons (Fsp3) is 0.412. The Bertz CT molecular complexity index is 615. The molecule has 21 heavy (non-hydrogen) atoms. The molecule has 0 saturated heterocycles. The molecule has 0 spiro atoms. The maximum atomic E-state index is 11.3. The summed E-state index contributed by atoms with van der Waals surface area (Å²) in [6.45, 7) is 3.27. The van der Waals surface area contributed by atoms with Gasteiger partial charge in [-0.1, -0.05) is 43.3 Å². The van der Waals surface area contributed by atoms with Gasteiger partial charge in [-0.25, -0.2) is 0 Å². The third kappa shape index (κ3) is 4.63. The Morgan fingerprint density at radius 1 is 1.19 bits per heavy atom. The van der Waals surface area contributed by atoms with Gasteiger partial charge in [-0.05, 0) is 35.4 Å². The van der Waals surface area contributed by atoms with Crippen LogP contribution in [-0.4, -0.2) is 33.9 Å². The molecule has 0 aliphatic rings. The molecule has 3 nitrogen and oxygen atoms in total. The van der Waals surface area contributed by atoms with Crippen LogP contribution in [0.1, 0.15) is 25.0 Å². The summed E-state index contributed by atoms with van der Waals surface area (Å²) in [6, 6.07) is 14.2. The SMILES string of the molecule is CC(CCNCC(O)c1ccc2ccccc2c1)S(C)=O. The van der Waals surface area contributed by atoms with Crippen LogP contribution in [-0.2, 0) is 10.8 Å². The Balaban J connectivity index is 1.87. The summed E-state index contributed by atoms with van der Waals surface area (Å²) in [5.74, 6) is 0. The smallest absolute Gasteiger partial charge is 0.0914 e. The Labute approximate surface area is 128 Å². The molecule has 0 bridgehead atoms. The number of nitrogens with one attached hydrogen (secondary N) is 1. The summed E-state index contributed by atoms with van der Waals surface area (Å²) in [6.07, 6.45) is 2.07. The van der Waals surface area contributed by atoms with Crippen molar-refractivity contribution in [3.63, 3.8) is 0 Å². The highest BCUT2D eigenvalue weighted by Gasteiger charge is 2.09. The quantitative estimate of drug-likeness (QED) is 0.773. The summed E-state index contributed by atoms with van der Waals surface area (Å²) in [4.78, 5) is 0. The fourth-order valence-electron chi connectivity index (χ4n) is 2.24. The molecule has 0 fully saturated rings. The lowest BCUT2D eigenvalue weighted by Gasteiger charge is -2.14. The zero-order valence-electron chi connectivity index (χ0n) is 12.6. The zero-order valence-corrected chi connectivity index (χ0v) is 13.4. The molecule has 2 aromatic rings. The summed E-state index contributed by atoms with van der Waals surface area (Å²) >= 11 is 0. The van der Waals surface area contributed by atoms with Crippen LogP contribution in [0.15, 0.2) is 42.5 Å². The maximum absolute atomic E-state index is 11.3. The van der Waals surface area contributed by atoms with E-state index >= 15 is 0 Å². The molecule has 0 heterocycles. The normalized spacial score (nSPS) is 15.8. The van der Waals surface area contributed by atoms with Crippen molar-refractivity contribution < 1.29 is 9.32 Å². The van der Waals surface area contributed by atoms with Gasteiger partial charge in [-0.15, -0.1) is 0 Å². The van der Waals surface area contributed by atoms with Crippen molar-refractivity contribution >= 4 is 21.6 Å². The van der Waals surface area contributed by atoms with E-state index in [4.69, 9.17) is 0 Å². The largest absolute Gasteiger partial charge is 0.387 e. The second-order valence-corrected chi connectivity index (χ2v) is 7.23. The molecule has 0 amide bonds. The van der Waals surface area contributed by atoms with Gasteiger partial charge in [0.2, 0.25) is 0 Å². The Hall–Kier alpha value is -1.23. The lowest BCUT2D eigenvalue weighted by Crippen LogP contribution is -2.25. The molecule has 0 saturated carbocycles. The van der Waals surface area contributed by atoms with E-state index in [-0.39, 0.29) is 5.25 Å². The fourth-order valence-corrected chi connectivity index (χ4v) is 2.69. The highest BCUT2D eigenvalue weighted by Crippen LogP contribution is 2.20. The van der Waals surface area contributed by atoms with Gasteiger partial charge < -0.3 is 10.4 Å². The van der Waals surface area contributed by atoms with Gasteiger partial charge in [0, 0.05) is 28.9 Å². The van der Waals surface area contributed by atoms with E-state index in [2.05, 4.69) is 17.4 Å². The van der Waals surface area contributed by atoms with Gasteiger partial charge in [0.15, 0.2) is 0 Å². The summed E-state index contributed by atoms with van der Waals surface area (Å²) in [5, 5.41) is 16.0.